The fourth-order valence-electron chi connectivity index (χ4n) is 3.36. The van der Waals surface area contributed by atoms with Crippen molar-refractivity contribution in [3.8, 4) is 0 Å². The van der Waals surface area contributed by atoms with Crippen LogP contribution in [-0.2, 0) is 9.32 Å². The Morgan fingerprint density at radius 2 is 1.62 bits per heavy atom. The molecule has 1 unspecified atom stereocenters. The second-order valence-corrected chi connectivity index (χ2v) is 9.05. The maximum absolute atomic E-state index is 10.8. The van der Waals surface area contributed by atoms with Crippen LogP contribution in [0.15, 0.2) is 103 Å². The number of benzene rings is 2. The van der Waals surface area contributed by atoms with Gasteiger partial charge in [0.25, 0.3) is 0 Å². The van der Waals surface area contributed by atoms with Crippen LogP contribution in [0, 0.1) is 0 Å². The Bertz CT molecular complexity index is 820. The molecule has 2 aromatic carbocycles. The summed E-state index contributed by atoms with van der Waals surface area (Å²) < 4.78 is 6.62. The van der Waals surface area contributed by atoms with Crippen molar-refractivity contribution in [2.45, 2.75) is 12.6 Å². The lowest BCUT2D eigenvalue weighted by atomic mass is 10.1. The predicted molar refractivity (Wildman–Crippen MR) is 111 cm³/mol. The Kier molecular flexibility index (Phi) is 6.15. The largest absolute Gasteiger partial charge is 0.234 e. The lowest BCUT2D eigenvalue weighted by molar-refractivity contribution is 0.374. The minimum atomic E-state index is -2.23. The Hall–Kier alpha value is -2.50. The second-order valence-electron chi connectivity index (χ2n) is 5.89. The molecule has 1 atom stereocenters. The van der Waals surface area contributed by atoms with Gasteiger partial charge in [-0.3, -0.25) is 0 Å². The molecular formula is C23H22O2P+. The van der Waals surface area contributed by atoms with Crippen molar-refractivity contribution in [2.75, 3.05) is 6.61 Å². The summed E-state index contributed by atoms with van der Waals surface area (Å²) in [5.41, 5.74) is 1.10. The van der Waals surface area contributed by atoms with Crippen LogP contribution in [0.1, 0.15) is 6.92 Å². The Balaban J connectivity index is 2.27. The van der Waals surface area contributed by atoms with E-state index in [9.17, 15) is 4.79 Å². The van der Waals surface area contributed by atoms with Crippen LogP contribution in [0.3, 0.4) is 0 Å². The summed E-state index contributed by atoms with van der Waals surface area (Å²) >= 11 is 0. The number of carbonyl (C=O) groups excluding carboxylic acids is 1. The monoisotopic (exact) mass is 361 g/mol. The minimum absolute atomic E-state index is 0.0434. The van der Waals surface area contributed by atoms with Gasteiger partial charge in [-0.25, -0.2) is 9.32 Å². The lowest BCUT2D eigenvalue weighted by Gasteiger charge is -2.32. The van der Waals surface area contributed by atoms with E-state index in [4.69, 9.17) is 4.52 Å². The molecule has 0 N–H and O–H groups in total. The van der Waals surface area contributed by atoms with Crippen molar-refractivity contribution >= 4 is 24.0 Å². The maximum Gasteiger partial charge on any atom is 0.221 e. The highest BCUT2D eigenvalue weighted by Gasteiger charge is 2.52. The van der Waals surface area contributed by atoms with Gasteiger partial charge in [-0.05, 0) is 43.3 Å². The quantitative estimate of drug-likeness (QED) is 0.563. The first-order valence-electron chi connectivity index (χ1n) is 8.73. The van der Waals surface area contributed by atoms with Crippen molar-refractivity contribution in [2.24, 2.45) is 0 Å². The zero-order valence-electron chi connectivity index (χ0n) is 14.8. The lowest BCUT2D eigenvalue weighted by Crippen LogP contribution is -2.33. The van der Waals surface area contributed by atoms with E-state index < -0.39 is 7.49 Å². The van der Waals surface area contributed by atoms with E-state index in [2.05, 4.69) is 66.8 Å². The molecule has 0 saturated heterocycles. The molecule has 0 heterocycles. The molecule has 0 bridgehead atoms. The summed E-state index contributed by atoms with van der Waals surface area (Å²) in [6.45, 7) is 2.65. The number of rotatable bonds is 6. The van der Waals surface area contributed by atoms with Crippen molar-refractivity contribution in [3.63, 3.8) is 0 Å². The molecule has 0 fully saturated rings. The summed E-state index contributed by atoms with van der Waals surface area (Å²) in [5, 5.41) is 2.39. The SMILES string of the molecule is CCO[P+](c1ccccc1)(c1ccccc1)C1C=CC=CC1=CC=C=O. The highest BCUT2D eigenvalue weighted by Crippen LogP contribution is 2.64. The average molecular weight is 361 g/mol. The highest BCUT2D eigenvalue weighted by molar-refractivity contribution is 7.86. The molecule has 1 aliphatic rings. The second kappa shape index (κ2) is 8.74. The highest BCUT2D eigenvalue weighted by atomic mass is 31.2. The smallest absolute Gasteiger partial charge is 0.221 e. The summed E-state index contributed by atoms with van der Waals surface area (Å²) in [5.74, 6) is 1.86. The van der Waals surface area contributed by atoms with Crippen LogP contribution in [0.25, 0.3) is 0 Å². The molecule has 2 nitrogen and oxygen atoms in total. The van der Waals surface area contributed by atoms with Gasteiger partial charge in [0.15, 0.2) is 0 Å². The van der Waals surface area contributed by atoms with Crippen LogP contribution < -0.4 is 10.6 Å². The zero-order chi connectivity index (χ0) is 18.2. The third-order valence-corrected chi connectivity index (χ3v) is 8.43. The minimum Gasteiger partial charge on any atom is -0.234 e. The number of hydrogen-bond acceptors (Lipinski definition) is 2. The van der Waals surface area contributed by atoms with Crippen molar-refractivity contribution < 1.29 is 9.32 Å². The van der Waals surface area contributed by atoms with Crippen LogP contribution in [0.4, 0.5) is 0 Å². The van der Waals surface area contributed by atoms with Crippen molar-refractivity contribution in [1.82, 2.24) is 0 Å². The first kappa shape index (κ1) is 18.3. The molecule has 0 amide bonds. The van der Waals surface area contributed by atoms with E-state index in [1.807, 2.05) is 37.1 Å². The van der Waals surface area contributed by atoms with E-state index in [1.54, 1.807) is 0 Å². The van der Waals surface area contributed by atoms with Crippen molar-refractivity contribution in [3.05, 3.63) is 103 Å². The van der Waals surface area contributed by atoms with Crippen LogP contribution in [-0.4, -0.2) is 18.2 Å². The number of allylic oxidation sites excluding steroid dienone is 7. The zero-order valence-corrected chi connectivity index (χ0v) is 15.7. The van der Waals surface area contributed by atoms with Crippen LogP contribution >= 0.6 is 7.49 Å². The molecule has 2 aromatic rings. The Morgan fingerprint density at radius 3 is 2.15 bits per heavy atom. The molecule has 3 heteroatoms. The third-order valence-electron chi connectivity index (χ3n) is 4.38. The van der Waals surface area contributed by atoms with Gasteiger partial charge in [-0.15, -0.1) is 0 Å². The van der Waals surface area contributed by atoms with Gasteiger partial charge in [0, 0.05) is 11.6 Å². The van der Waals surface area contributed by atoms with Gasteiger partial charge < -0.3 is 0 Å². The first-order chi connectivity index (χ1) is 12.8. The van der Waals surface area contributed by atoms with E-state index in [0.717, 1.165) is 5.57 Å². The standard InChI is InChI=1S/C23H22O2P/c1-2-25-26(21-14-5-3-6-15-21,22-16-7-4-8-17-22)23-18-10-9-12-20(23)13-11-19-24/h3-18,23H,2H2,1H3/q+1. The van der Waals surface area contributed by atoms with E-state index in [1.165, 1.54) is 16.7 Å². The number of hydrogen-bond donors (Lipinski definition) is 0. The summed E-state index contributed by atoms with van der Waals surface area (Å²) in [6, 6.07) is 20.9. The van der Waals surface area contributed by atoms with E-state index in [0.29, 0.717) is 6.61 Å². The van der Waals surface area contributed by atoms with Gasteiger partial charge in [0.05, 0.1) is 6.61 Å². The molecular weight excluding hydrogens is 339 g/mol. The molecule has 26 heavy (non-hydrogen) atoms. The molecule has 0 spiro atoms. The molecule has 0 aromatic heterocycles. The predicted octanol–water partition coefficient (Wildman–Crippen LogP) is 4.42. The fourth-order valence-corrected chi connectivity index (χ4v) is 7.33. The van der Waals surface area contributed by atoms with Crippen molar-refractivity contribution in [1.29, 1.82) is 0 Å². The normalized spacial score (nSPS) is 17.9. The van der Waals surface area contributed by atoms with E-state index in [-0.39, 0.29) is 5.66 Å². The van der Waals surface area contributed by atoms with Crippen LogP contribution in [0.5, 0.6) is 0 Å². The summed E-state index contributed by atoms with van der Waals surface area (Å²) in [7, 11) is -2.23. The van der Waals surface area contributed by atoms with E-state index >= 15 is 0 Å². The molecule has 130 valence electrons. The summed E-state index contributed by atoms with van der Waals surface area (Å²) in [4.78, 5) is 10.8. The topological polar surface area (TPSA) is 26.3 Å². The molecule has 1 aliphatic carbocycles. The molecule has 0 aliphatic heterocycles. The Labute approximate surface area is 155 Å². The molecule has 0 saturated carbocycles. The molecule has 0 radical (unpaired) electrons. The van der Waals surface area contributed by atoms with Gasteiger partial charge >= 0.3 is 0 Å². The van der Waals surface area contributed by atoms with Gasteiger partial charge in [-0.2, -0.15) is 0 Å². The fraction of sp³-hybridized carbons (Fsp3) is 0.130. The van der Waals surface area contributed by atoms with Gasteiger partial charge in [-0.1, -0.05) is 54.6 Å². The molecule has 3 rings (SSSR count). The Morgan fingerprint density at radius 1 is 1.00 bits per heavy atom. The maximum atomic E-state index is 10.8. The van der Waals surface area contributed by atoms with Gasteiger partial charge in [0.1, 0.15) is 22.2 Å². The third kappa shape index (κ3) is 3.54. The van der Waals surface area contributed by atoms with Crippen LogP contribution in [0.2, 0.25) is 0 Å². The summed E-state index contributed by atoms with van der Waals surface area (Å²) in [6.07, 6.45) is 11.6. The average Bonchev–Trinajstić information content (AvgIpc) is 2.72. The van der Waals surface area contributed by atoms with Gasteiger partial charge in [0.2, 0.25) is 7.49 Å². The first-order valence-corrected chi connectivity index (χ1v) is 10.5.